The smallest absolute Gasteiger partial charge is 0.252 e. The number of fused-ring (bicyclic) bond motifs is 16. The Morgan fingerprint density at radius 1 is 0.283 bits per heavy atom. The van der Waals surface area contributed by atoms with E-state index < -0.39 is 0 Å². The third kappa shape index (κ3) is 3.68. The normalized spacial score (nSPS) is 13.9. The first-order valence-corrected chi connectivity index (χ1v) is 21.0. The number of benzene rings is 9. The zero-order chi connectivity index (χ0) is 38.8. The van der Waals surface area contributed by atoms with Crippen molar-refractivity contribution in [3.63, 3.8) is 0 Å². The predicted octanol–water partition coefficient (Wildman–Crippen LogP) is 9.11. The van der Waals surface area contributed by atoms with Crippen LogP contribution in [0.1, 0.15) is 0 Å². The van der Waals surface area contributed by atoms with Crippen molar-refractivity contribution < 1.29 is 0 Å². The van der Waals surface area contributed by atoms with Gasteiger partial charge in [-0.2, -0.15) is 0 Å². The topological polar surface area (TPSA) is 16.3 Å². The lowest BCUT2D eigenvalue weighted by atomic mass is 9.31. The Hall–Kier alpha value is -7.69. The molecule has 0 saturated carbocycles. The molecule has 15 rings (SSSR count). The molecule has 0 radical (unpaired) electrons. The Morgan fingerprint density at radius 3 is 1.15 bits per heavy atom. The van der Waals surface area contributed by atoms with Gasteiger partial charge >= 0.3 is 0 Å². The predicted molar refractivity (Wildman–Crippen MR) is 254 cm³/mol. The van der Waals surface area contributed by atoms with E-state index >= 15 is 0 Å². The molecule has 4 aliphatic rings. The van der Waals surface area contributed by atoms with Crippen LogP contribution >= 0.6 is 0 Å². The molecule has 9 aromatic carbocycles. The summed E-state index contributed by atoms with van der Waals surface area (Å²) >= 11 is 0. The standard InChI is InChI=1S/C54H32B2N4/c1-3-15-33(16-4-1)57-45-25-13-9-21-39(45)55-41-31-50-42(32-49(41)59-43-23-11-7-19-35(43)37-27-29-47(57)51(55)53(37)59)56-40-22-10-14-26-46(40)58(34-17-5-2-6-18-34)48-30-28-38-36-20-8-12-24-44(36)60(50)54(38)52(48)56/h1-32H. The van der Waals surface area contributed by atoms with Crippen LogP contribution in [0.2, 0.25) is 0 Å². The highest BCUT2D eigenvalue weighted by Crippen LogP contribution is 2.45. The molecule has 0 amide bonds. The highest BCUT2D eigenvalue weighted by atomic mass is 15.2. The first-order chi connectivity index (χ1) is 29.8. The number of hydrogen-bond acceptors (Lipinski definition) is 2. The summed E-state index contributed by atoms with van der Waals surface area (Å²) in [6.07, 6.45) is 0. The minimum atomic E-state index is 0.0363. The van der Waals surface area contributed by atoms with Gasteiger partial charge in [-0.25, -0.2) is 0 Å². The summed E-state index contributed by atoms with van der Waals surface area (Å²) in [5, 5.41) is 5.18. The third-order valence-corrected chi connectivity index (χ3v) is 14.1. The van der Waals surface area contributed by atoms with Crippen LogP contribution in [0.25, 0.3) is 55.0 Å². The van der Waals surface area contributed by atoms with Crippen molar-refractivity contribution in [3.8, 4) is 11.4 Å². The van der Waals surface area contributed by atoms with Gasteiger partial charge in [-0.3, -0.25) is 0 Å². The molecule has 60 heavy (non-hydrogen) atoms. The maximum atomic E-state index is 2.61. The molecule has 0 saturated heterocycles. The van der Waals surface area contributed by atoms with Crippen LogP contribution in [0.5, 0.6) is 0 Å². The second-order valence-electron chi connectivity index (χ2n) is 16.8. The van der Waals surface area contributed by atoms with Gasteiger partial charge in [-0.15, -0.1) is 0 Å². The minimum Gasteiger partial charge on any atom is -0.311 e. The molecule has 2 aromatic heterocycles. The van der Waals surface area contributed by atoms with Crippen molar-refractivity contribution in [1.29, 1.82) is 0 Å². The quantitative estimate of drug-likeness (QED) is 0.164. The van der Waals surface area contributed by atoms with Crippen molar-refractivity contribution in [2.75, 3.05) is 9.80 Å². The summed E-state index contributed by atoms with van der Waals surface area (Å²) in [5.41, 5.74) is 23.1. The van der Waals surface area contributed by atoms with E-state index in [1.165, 1.54) is 122 Å². The summed E-state index contributed by atoms with van der Waals surface area (Å²) < 4.78 is 5.23. The Balaban J connectivity index is 1.11. The number of aromatic nitrogens is 2. The molecule has 6 heteroatoms. The van der Waals surface area contributed by atoms with Crippen LogP contribution in [0.4, 0.5) is 34.1 Å². The number of hydrogen-bond donors (Lipinski definition) is 0. The summed E-state index contributed by atoms with van der Waals surface area (Å²) in [6.45, 7) is 0.0727. The molecule has 0 aliphatic carbocycles. The molecule has 4 aliphatic heterocycles. The monoisotopic (exact) mass is 758 g/mol. The van der Waals surface area contributed by atoms with Crippen molar-refractivity contribution >= 4 is 124 Å². The molecule has 0 unspecified atom stereocenters. The van der Waals surface area contributed by atoms with E-state index in [1.54, 1.807) is 0 Å². The lowest BCUT2D eigenvalue weighted by Crippen LogP contribution is -2.63. The molecule has 4 nitrogen and oxygen atoms in total. The second kappa shape index (κ2) is 11.1. The summed E-state index contributed by atoms with van der Waals surface area (Å²) in [6, 6.07) is 72.8. The third-order valence-electron chi connectivity index (χ3n) is 14.1. The van der Waals surface area contributed by atoms with E-state index in [1.807, 2.05) is 0 Å². The van der Waals surface area contributed by atoms with Gasteiger partial charge in [0, 0.05) is 67.0 Å². The van der Waals surface area contributed by atoms with Crippen LogP contribution in [0, 0.1) is 0 Å². The summed E-state index contributed by atoms with van der Waals surface area (Å²) in [7, 11) is 0. The van der Waals surface area contributed by atoms with Gasteiger partial charge in [0.1, 0.15) is 0 Å². The second-order valence-corrected chi connectivity index (χ2v) is 16.8. The Kier molecular flexibility index (Phi) is 5.78. The van der Waals surface area contributed by atoms with Crippen LogP contribution in [-0.2, 0) is 0 Å². The van der Waals surface area contributed by atoms with Crippen molar-refractivity contribution in [3.05, 3.63) is 194 Å². The van der Waals surface area contributed by atoms with Gasteiger partial charge in [0.05, 0.1) is 22.1 Å². The number of anilines is 6. The van der Waals surface area contributed by atoms with Crippen LogP contribution < -0.4 is 42.6 Å². The van der Waals surface area contributed by atoms with Gasteiger partial charge in [0.15, 0.2) is 0 Å². The van der Waals surface area contributed by atoms with E-state index in [0.29, 0.717) is 0 Å². The van der Waals surface area contributed by atoms with Crippen molar-refractivity contribution in [2.24, 2.45) is 0 Å². The van der Waals surface area contributed by atoms with Gasteiger partial charge in [-0.1, -0.05) is 121 Å². The SMILES string of the molecule is c1ccc(N2c3ccccc3B3c4cc5c(cc4-n4c6ccccc6c6ccc2c3c64)B2c3ccccc3N(c3ccccc3)c3ccc4c6ccccc6n-5c4c32)cc1. The fraction of sp³-hybridized carbons (Fsp3) is 0. The first-order valence-electron chi connectivity index (χ1n) is 21.0. The molecule has 0 spiro atoms. The molecule has 0 bridgehead atoms. The van der Waals surface area contributed by atoms with E-state index in [2.05, 4.69) is 213 Å². The zero-order valence-electron chi connectivity index (χ0n) is 32.4. The summed E-state index contributed by atoms with van der Waals surface area (Å²) in [4.78, 5) is 4.98. The highest BCUT2D eigenvalue weighted by molar-refractivity contribution is 7.02. The lowest BCUT2D eigenvalue weighted by molar-refractivity contribution is 1.16. The van der Waals surface area contributed by atoms with Gasteiger partial charge < -0.3 is 18.9 Å². The first kappa shape index (κ1) is 31.3. The molecule has 6 heterocycles. The molecule has 0 atom stereocenters. The zero-order valence-corrected chi connectivity index (χ0v) is 32.4. The number of rotatable bonds is 2. The Morgan fingerprint density at radius 2 is 0.683 bits per heavy atom. The average Bonchev–Trinajstić information content (AvgIpc) is 3.84. The molecule has 0 N–H and O–H groups in total. The van der Waals surface area contributed by atoms with Crippen molar-refractivity contribution in [2.45, 2.75) is 0 Å². The largest absolute Gasteiger partial charge is 0.311 e. The molecular weight excluding hydrogens is 726 g/mol. The van der Waals surface area contributed by atoms with Crippen LogP contribution in [0.15, 0.2) is 194 Å². The van der Waals surface area contributed by atoms with Gasteiger partial charge in [0.2, 0.25) is 0 Å². The number of para-hydroxylation sites is 6. The highest BCUT2D eigenvalue weighted by Gasteiger charge is 2.46. The van der Waals surface area contributed by atoms with Gasteiger partial charge in [0.25, 0.3) is 13.4 Å². The Bertz CT molecular complexity index is 3450. The molecule has 0 fully saturated rings. The minimum absolute atomic E-state index is 0.0363. The number of nitrogens with zero attached hydrogens (tertiary/aromatic N) is 4. The van der Waals surface area contributed by atoms with E-state index in [0.717, 1.165) is 0 Å². The van der Waals surface area contributed by atoms with E-state index in [9.17, 15) is 0 Å². The average molecular weight is 759 g/mol. The summed E-state index contributed by atoms with van der Waals surface area (Å²) in [5.74, 6) is 0. The maximum absolute atomic E-state index is 2.61. The molecule has 11 aromatic rings. The van der Waals surface area contributed by atoms with E-state index in [4.69, 9.17) is 0 Å². The molecular formula is C54H32B2N4. The lowest BCUT2D eigenvalue weighted by Gasteiger charge is -2.42. The Labute approximate surface area is 346 Å². The van der Waals surface area contributed by atoms with Gasteiger partial charge in [-0.05, 0) is 106 Å². The van der Waals surface area contributed by atoms with Crippen molar-refractivity contribution in [1.82, 2.24) is 9.13 Å². The maximum Gasteiger partial charge on any atom is 0.252 e. The molecule has 274 valence electrons. The van der Waals surface area contributed by atoms with Crippen LogP contribution in [-0.4, -0.2) is 22.6 Å². The van der Waals surface area contributed by atoms with E-state index in [-0.39, 0.29) is 13.4 Å². The fourth-order valence-corrected chi connectivity index (χ4v) is 11.9. The fourth-order valence-electron chi connectivity index (χ4n) is 11.9. The van der Waals surface area contributed by atoms with Crippen LogP contribution in [0.3, 0.4) is 0 Å².